The average molecular weight is 265 g/mol. The molecule has 106 valence electrons. The summed E-state index contributed by atoms with van der Waals surface area (Å²) in [5, 5.41) is 18.8. The molecule has 1 saturated heterocycles. The fraction of sp³-hybridized carbons (Fsp3) is 0.600. The van der Waals surface area contributed by atoms with Crippen LogP contribution in [0.15, 0.2) is 30.3 Å². The van der Waals surface area contributed by atoms with E-state index >= 15 is 0 Å². The van der Waals surface area contributed by atoms with E-state index < -0.39 is 0 Å². The monoisotopic (exact) mass is 265 g/mol. The second kappa shape index (κ2) is 6.89. The number of likely N-dealkylation sites (tertiary alicyclic amines) is 1. The van der Waals surface area contributed by atoms with Crippen molar-refractivity contribution in [1.82, 2.24) is 4.90 Å². The molecule has 19 heavy (non-hydrogen) atoms. The fourth-order valence-corrected chi connectivity index (χ4v) is 2.89. The number of hydrogen-bond acceptors (Lipinski definition) is 4. The molecule has 1 aromatic rings. The van der Waals surface area contributed by atoms with Gasteiger partial charge in [-0.25, -0.2) is 0 Å². The molecule has 0 aliphatic carbocycles. The molecule has 2 rings (SSSR count). The lowest BCUT2D eigenvalue weighted by molar-refractivity contribution is 0.0451. The molecule has 1 heterocycles. The molecule has 1 fully saturated rings. The van der Waals surface area contributed by atoms with E-state index in [1.807, 2.05) is 30.3 Å². The number of aliphatic hydroxyl groups is 2. The molecule has 0 spiro atoms. The van der Waals surface area contributed by atoms with Gasteiger partial charge in [0.05, 0.1) is 13.2 Å². The van der Waals surface area contributed by atoms with E-state index in [0.717, 1.165) is 18.6 Å². The predicted molar refractivity (Wildman–Crippen MR) is 74.2 cm³/mol. The molecule has 0 aromatic heterocycles. The Labute approximate surface area is 114 Å². The zero-order valence-corrected chi connectivity index (χ0v) is 11.4. The summed E-state index contributed by atoms with van der Waals surface area (Å²) in [6.07, 6.45) is 1.88. The van der Waals surface area contributed by atoms with Crippen molar-refractivity contribution in [3.8, 4) is 5.75 Å². The summed E-state index contributed by atoms with van der Waals surface area (Å²) >= 11 is 0. The smallest absolute Gasteiger partial charge is 0.119 e. The van der Waals surface area contributed by atoms with Crippen LogP contribution in [0.4, 0.5) is 0 Å². The predicted octanol–water partition coefficient (Wildman–Crippen LogP) is 1.27. The lowest BCUT2D eigenvalue weighted by Crippen LogP contribution is -2.48. The van der Waals surface area contributed by atoms with Crippen LogP contribution in [-0.4, -0.2) is 53.1 Å². The quantitative estimate of drug-likeness (QED) is 0.813. The van der Waals surface area contributed by atoms with Crippen LogP contribution >= 0.6 is 0 Å². The van der Waals surface area contributed by atoms with Crippen molar-refractivity contribution in [2.24, 2.45) is 0 Å². The van der Waals surface area contributed by atoms with E-state index in [0.29, 0.717) is 6.61 Å². The summed E-state index contributed by atoms with van der Waals surface area (Å²) in [5.74, 6) is 0.856. The third-order valence-electron chi connectivity index (χ3n) is 3.84. The lowest BCUT2D eigenvalue weighted by Gasteiger charge is -2.34. The molecule has 3 atom stereocenters. The molecule has 4 nitrogen and oxygen atoms in total. The largest absolute Gasteiger partial charge is 0.492 e. The van der Waals surface area contributed by atoms with Crippen LogP contribution in [0, 0.1) is 0 Å². The van der Waals surface area contributed by atoms with Crippen molar-refractivity contribution in [2.75, 3.05) is 19.8 Å². The van der Waals surface area contributed by atoms with Crippen molar-refractivity contribution < 1.29 is 14.9 Å². The van der Waals surface area contributed by atoms with E-state index in [1.54, 1.807) is 0 Å². The van der Waals surface area contributed by atoms with Gasteiger partial charge in [-0.15, -0.1) is 0 Å². The summed E-state index contributed by atoms with van der Waals surface area (Å²) in [6.45, 7) is 2.94. The number of ether oxygens (including phenoxy) is 1. The highest BCUT2D eigenvalue weighted by atomic mass is 16.5. The third-order valence-corrected chi connectivity index (χ3v) is 3.84. The first kappa shape index (κ1) is 14.3. The average Bonchev–Trinajstić information content (AvgIpc) is 2.89. The molecule has 2 N–H and O–H groups in total. The molecular formula is C15H23NO3. The summed E-state index contributed by atoms with van der Waals surface area (Å²) < 4.78 is 5.76. The highest BCUT2D eigenvalue weighted by Gasteiger charge is 2.35. The number of para-hydroxylation sites is 1. The second-order valence-electron chi connectivity index (χ2n) is 5.17. The number of hydrogen-bond donors (Lipinski definition) is 2. The van der Waals surface area contributed by atoms with E-state index in [-0.39, 0.29) is 31.3 Å². The highest BCUT2D eigenvalue weighted by molar-refractivity contribution is 5.20. The number of nitrogens with zero attached hydrogens (tertiary/aromatic N) is 1. The first-order valence-corrected chi connectivity index (χ1v) is 6.93. The maximum absolute atomic E-state index is 9.42. The van der Waals surface area contributed by atoms with Gasteiger partial charge in [-0.1, -0.05) is 18.2 Å². The van der Waals surface area contributed by atoms with Gasteiger partial charge in [-0.05, 0) is 31.9 Å². The van der Waals surface area contributed by atoms with Crippen molar-refractivity contribution in [3.05, 3.63) is 30.3 Å². The van der Waals surface area contributed by atoms with Crippen molar-refractivity contribution in [2.45, 2.75) is 37.9 Å². The molecule has 0 radical (unpaired) electrons. The molecule has 0 amide bonds. The Bertz CT molecular complexity index is 359. The van der Waals surface area contributed by atoms with Crippen LogP contribution in [-0.2, 0) is 0 Å². The minimum absolute atomic E-state index is 0.145. The van der Waals surface area contributed by atoms with Crippen LogP contribution in [0.25, 0.3) is 0 Å². The number of benzene rings is 1. The Hall–Kier alpha value is -1.10. The zero-order chi connectivity index (χ0) is 13.7. The Morgan fingerprint density at radius 3 is 2.26 bits per heavy atom. The van der Waals surface area contributed by atoms with Crippen molar-refractivity contribution in [3.63, 3.8) is 0 Å². The highest BCUT2D eigenvalue weighted by Crippen LogP contribution is 2.26. The Morgan fingerprint density at radius 2 is 1.74 bits per heavy atom. The van der Waals surface area contributed by atoms with Crippen LogP contribution in [0.2, 0.25) is 0 Å². The maximum Gasteiger partial charge on any atom is 0.119 e. The SMILES string of the molecule is C[C@H](COc1ccccc1)N1[C@@H](CO)CC[C@@H]1CO. The minimum atomic E-state index is 0.145. The van der Waals surface area contributed by atoms with Gasteiger partial charge in [-0.3, -0.25) is 4.90 Å². The Balaban J connectivity index is 1.92. The minimum Gasteiger partial charge on any atom is -0.492 e. The third kappa shape index (κ3) is 3.47. The topological polar surface area (TPSA) is 52.9 Å². The number of rotatable bonds is 6. The van der Waals surface area contributed by atoms with Crippen LogP contribution in [0.5, 0.6) is 5.75 Å². The van der Waals surface area contributed by atoms with Gasteiger partial charge in [-0.2, -0.15) is 0 Å². The lowest BCUT2D eigenvalue weighted by atomic mass is 10.2. The summed E-state index contributed by atoms with van der Waals surface area (Å²) in [7, 11) is 0. The summed E-state index contributed by atoms with van der Waals surface area (Å²) in [4.78, 5) is 2.20. The van der Waals surface area contributed by atoms with Crippen molar-refractivity contribution >= 4 is 0 Å². The molecule has 1 aliphatic heterocycles. The van der Waals surface area contributed by atoms with Crippen molar-refractivity contribution in [1.29, 1.82) is 0 Å². The van der Waals surface area contributed by atoms with Gasteiger partial charge in [0.1, 0.15) is 12.4 Å². The zero-order valence-electron chi connectivity index (χ0n) is 11.4. The molecule has 1 aliphatic rings. The normalized spacial score (nSPS) is 25.4. The standard InChI is InChI=1S/C15H23NO3/c1-12(11-19-15-5-3-2-4-6-15)16-13(9-17)7-8-14(16)10-18/h2-6,12-14,17-18H,7-11H2,1H3/t12-,13-,14-/m1/s1. The van der Waals surface area contributed by atoms with E-state index in [1.165, 1.54) is 0 Å². The Morgan fingerprint density at radius 1 is 1.16 bits per heavy atom. The van der Waals surface area contributed by atoms with Gasteiger partial charge in [0.2, 0.25) is 0 Å². The van der Waals surface area contributed by atoms with Crippen LogP contribution < -0.4 is 4.74 Å². The maximum atomic E-state index is 9.42. The van der Waals surface area contributed by atoms with Gasteiger partial charge in [0, 0.05) is 18.1 Å². The fourth-order valence-electron chi connectivity index (χ4n) is 2.89. The molecule has 0 unspecified atom stereocenters. The molecule has 0 saturated carbocycles. The van der Waals surface area contributed by atoms with E-state index in [9.17, 15) is 10.2 Å². The first-order valence-electron chi connectivity index (χ1n) is 6.93. The molecule has 4 heteroatoms. The summed E-state index contributed by atoms with van der Waals surface area (Å²) in [6, 6.07) is 10.2. The van der Waals surface area contributed by atoms with E-state index in [4.69, 9.17) is 4.74 Å². The van der Waals surface area contributed by atoms with Gasteiger partial charge >= 0.3 is 0 Å². The van der Waals surface area contributed by atoms with Gasteiger partial charge in [0.25, 0.3) is 0 Å². The molecule has 0 bridgehead atoms. The van der Waals surface area contributed by atoms with Crippen LogP contribution in [0.3, 0.4) is 0 Å². The molecule has 1 aromatic carbocycles. The van der Waals surface area contributed by atoms with Crippen LogP contribution in [0.1, 0.15) is 19.8 Å². The second-order valence-corrected chi connectivity index (χ2v) is 5.17. The first-order chi connectivity index (χ1) is 9.26. The number of aliphatic hydroxyl groups excluding tert-OH is 2. The summed E-state index contributed by atoms with van der Waals surface area (Å²) in [5.41, 5.74) is 0. The van der Waals surface area contributed by atoms with E-state index in [2.05, 4.69) is 11.8 Å². The Kier molecular flexibility index (Phi) is 5.19. The molecular weight excluding hydrogens is 242 g/mol. The van der Waals surface area contributed by atoms with Gasteiger partial charge in [0.15, 0.2) is 0 Å². The van der Waals surface area contributed by atoms with Gasteiger partial charge < -0.3 is 14.9 Å².